The van der Waals surface area contributed by atoms with Gasteiger partial charge in [0.15, 0.2) is 0 Å². The van der Waals surface area contributed by atoms with Gasteiger partial charge < -0.3 is 19.4 Å². The SMILES string of the molecule is COC(=O)N1C[C@@H](CN2CCCC2)N(C(=O)Cc2ccc(Cl)c(Cl)c2)C[C@H]1CNS(C)(=O)=O. The molecule has 1 aromatic carbocycles. The van der Waals surface area contributed by atoms with Gasteiger partial charge >= 0.3 is 6.09 Å². The summed E-state index contributed by atoms with van der Waals surface area (Å²) in [7, 11) is -2.18. The van der Waals surface area contributed by atoms with E-state index in [0.717, 1.165) is 37.8 Å². The molecule has 1 aromatic rings. The van der Waals surface area contributed by atoms with Crippen molar-refractivity contribution in [3.05, 3.63) is 33.8 Å². The van der Waals surface area contributed by atoms with Crippen LogP contribution in [0.3, 0.4) is 0 Å². The van der Waals surface area contributed by atoms with E-state index in [0.29, 0.717) is 16.6 Å². The molecule has 2 amide bonds. The quantitative estimate of drug-likeness (QED) is 0.588. The van der Waals surface area contributed by atoms with Crippen molar-refractivity contribution in [2.24, 2.45) is 0 Å². The second-order valence-corrected chi connectivity index (χ2v) is 11.2. The zero-order chi connectivity index (χ0) is 24.2. The van der Waals surface area contributed by atoms with Crippen molar-refractivity contribution >= 4 is 45.2 Å². The number of nitrogens with one attached hydrogen (secondary N) is 1. The Hall–Kier alpha value is -1.59. The molecule has 2 atom stereocenters. The number of piperazine rings is 1. The van der Waals surface area contributed by atoms with Crippen LogP contribution in [0, 0.1) is 0 Å². The maximum absolute atomic E-state index is 13.4. The Balaban J connectivity index is 1.83. The Morgan fingerprint density at radius 1 is 1.09 bits per heavy atom. The van der Waals surface area contributed by atoms with Crippen molar-refractivity contribution in [2.45, 2.75) is 31.3 Å². The minimum Gasteiger partial charge on any atom is -0.453 e. The summed E-state index contributed by atoms with van der Waals surface area (Å²) < 4.78 is 30.8. The minimum atomic E-state index is -3.47. The normalized spacial score (nSPS) is 21.9. The molecular formula is C21H30Cl2N4O5S. The number of carbonyl (C=O) groups is 2. The molecule has 0 unspecified atom stereocenters. The topological polar surface area (TPSA) is 99.3 Å². The fourth-order valence-electron chi connectivity index (χ4n) is 4.36. The van der Waals surface area contributed by atoms with E-state index in [1.165, 1.54) is 12.0 Å². The molecule has 2 aliphatic heterocycles. The molecule has 0 aromatic heterocycles. The molecule has 0 spiro atoms. The Bertz CT molecular complexity index is 971. The van der Waals surface area contributed by atoms with Gasteiger partial charge in [-0.15, -0.1) is 0 Å². The van der Waals surface area contributed by atoms with Gasteiger partial charge in [0.2, 0.25) is 15.9 Å². The molecule has 2 fully saturated rings. The highest BCUT2D eigenvalue weighted by Crippen LogP contribution is 2.25. The Kier molecular flexibility index (Phi) is 8.85. The first-order valence-corrected chi connectivity index (χ1v) is 13.5. The number of carbonyl (C=O) groups excluding carboxylic acids is 2. The third-order valence-electron chi connectivity index (χ3n) is 6.01. The van der Waals surface area contributed by atoms with Crippen LogP contribution in [0.4, 0.5) is 4.79 Å². The van der Waals surface area contributed by atoms with E-state index in [2.05, 4.69) is 9.62 Å². The van der Waals surface area contributed by atoms with Gasteiger partial charge in [-0.25, -0.2) is 17.9 Å². The van der Waals surface area contributed by atoms with Crippen LogP contribution in [-0.2, 0) is 26.0 Å². The number of hydrogen-bond acceptors (Lipinski definition) is 6. The van der Waals surface area contributed by atoms with Crippen molar-refractivity contribution < 1.29 is 22.7 Å². The van der Waals surface area contributed by atoms with Crippen LogP contribution in [0.1, 0.15) is 18.4 Å². The van der Waals surface area contributed by atoms with Crippen molar-refractivity contribution in [3.8, 4) is 0 Å². The van der Waals surface area contributed by atoms with E-state index >= 15 is 0 Å². The molecule has 0 aliphatic carbocycles. The summed E-state index contributed by atoms with van der Waals surface area (Å²) in [6.45, 7) is 2.96. The van der Waals surface area contributed by atoms with Crippen molar-refractivity contribution in [1.29, 1.82) is 0 Å². The maximum atomic E-state index is 13.4. The van der Waals surface area contributed by atoms with Gasteiger partial charge in [-0.3, -0.25) is 4.79 Å². The largest absolute Gasteiger partial charge is 0.453 e. The lowest BCUT2D eigenvalue weighted by Gasteiger charge is -2.46. The molecule has 0 saturated carbocycles. The number of likely N-dealkylation sites (tertiary alicyclic amines) is 1. The minimum absolute atomic E-state index is 0.0130. The van der Waals surface area contributed by atoms with Gasteiger partial charge in [0.1, 0.15) is 0 Å². The summed E-state index contributed by atoms with van der Waals surface area (Å²) in [4.78, 5) is 31.5. The number of halogens is 2. The lowest BCUT2D eigenvalue weighted by molar-refractivity contribution is -0.137. The number of rotatable bonds is 7. The molecule has 184 valence electrons. The lowest BCUT2D eigenvalue weighted by Crippen LogP contribution is -2.65. The summed E-state index contributed by atoms with van der Waals surface area (Å²) in [5.74, 6) is -0.119. The molecule has 2 heterocycles. The first kappa shape index (κ1) is 26.0. The van der Waals surface area contributed by atoms with Crippen molar-refractivity contribution in [1.82, 2.24) is 19.4 Å². The van der Waals surface area contributed by atoms with E-state index in [-0.39, 0.29) is 38.0 Å². The zero-order valence-corrected chi connectivity index (χ0v) is 21.1. The highest BCUT2D eigenvalue weighted by atomic mass is 35.5. The smallest absolute Gasteiger partial charge is 0.409 e. The summed E-state index contributed by atoms with van der Waals surface area (Å²) in [5.41, 5.74) is 0.732. The van der Waals surface area contributed by atoms with Gasteiger partial charge in [0, 0.05) is 26.2 Å². The summed E-state index contributed by atoms with van der Waals surface area (Å²) >= 11 is 12.1. The average Bonchev–Trinajstić information content (AvgIpc) is 3.27. The van der Waals surface area contributed by atoms with E-state index in [4.69, 9.17) is 27.9 Å². The number of nitrogens with zero attached hydrogens (tertiary/aromatic N) is 3. The highest BCUT2D eigenvalue weighted by molar-refractivity contribution is 7.88. The van der Waals surface area contributed by atoms with Gasteiger partial charge in [0.25, 0.3) is 0 Å². The number of ether oxygens (including phenoxy) is 1. The van der Waals surface area contributed by atoms with Crippen LogP contribution >= 0.6 is 23.2 Å². The first-order chi connectivity index (χ1) is 15.6. The molecule has 2 aliphatic rings. The van der Waals surface area contributed by atoms with Crippen LogP contribution < -0.4 is 4.72 Å². The monoisotopic (exact) mass is 520 g/mol. The van der Waals surface area contributed by atoms with E-state index < -0.39 is 22.2 Å². The fourth-order valence-corrected chi connectivity index (χ4v) is 5.18. The van der Waals surface area contributed by atoms with Crippen molar-refractivity contribution in [2.75, 3.05) is 52.6 Å². The molecule has 12 heteroatoms. The second kappa shape index (κ2) is 11.2. The van der Waals surface area contributed by atoms with Crippen LogP contribution in [-0.4, -0.2) is 99.8 Å². The number of methoxy groups -OCH3 is 1. The van der Waals surface area contributed by atoms with E-state index in [9.17, 15) is 18.0 Å². The fraction of sp³-hybridized carbons (Fsp3) is 0.619. The molecule has 1 N–H and O–H groups in total. The van der Waals surface area contributed by atoms with Gasteiger partial charge in [0.05, 0.1) is 41.9 Å². The second-order valence-electron chi connectivity index (χ2n) is 8.53. The lowest BCUT2D eigenvalue weighted by atomic mass is 10.0. The predicted octanol–water partition coefficient (Wildman–Crippen LogP) is 1.83. The maximum Gasteiger partial charge on any atom is 0.409 e. The highest BCUT2D eigenvalue weighted by Gasteiger charge is 2.40. The summed E-state index contributed by atoms with van der Waals surface area (Å²) in [5, 5.41) is 0.791. The van der Waals surface area contributed by atoms with Crippen molar-refractivity contribution in [3.63, 3.8) is 0 Å². The Labute approximate surface area is 205 Å². The van der Waals surface area contributed by atoms with E-state index in [1.807, 2.05) is 0 Å². The molecule has 0 bridgehead atoms. The predicted molar refractivity (Wildman–Crippen MR) is 127 cm³/mol. The van der Waals surface area contributed by atoms with Crippen LogP contribution in [0.25, 0.3) is 0 Å². The average molecular weight is 521 g/mol. The Morgan fingerprint density at radius 3 is 2.36 bits per heavy atom. The summed E-state index contributed by atoms with van der Waals surface area (Å²) in [6.07, 6.45) is 2.84. The third-order valence-corrected chi connectivity index (χ3v) is 7.44. The van der Waals surface area contributed by atoms with Crippen LogP contribution in [0.2, 0.25) is 10.0 Å². The number of amides is 2. The van der Waals surface area contributed by atoms with Crippen LogP contribution in [0.15, 0.2) is 18.2 Å². The van der Waals surface area contributed by atoms with Gasteiger partial charge in [-0.05, 0) is 43.6 Å². The number of hydrogen-bond donors (Lipinski definition) is 1. The molecule has 3 rings (SSSR count). The zero-order valence-electron chi connectivity index (χ0n) is 18.8. The first-order valence-electron chi connectivity index (χ1n) is 10.8. The molecule has 9 nitrogen and oxygen atoms in total. The third kappa shape index (κ3) is 7.19. The van der Waals surface area contributed by atoms with E-state index in [1.54, 1.807) is 23.1 Å². The molecule has 33 heavy (non-hydrogen) atoms. The van der Waals surface area contributed by atoms with Crippen LogP contribution in [0.5, 0.6) is 0 Å². The Morgan fingerprint density at radius 2 is 1.76 bits per heavy atom. The number of sulfonamides is 1. The standard InChI is InChI=1S/C21H30Cl2N4O5S/c1-32-21(29)27-14-17(12-25-7-3-4-8-25)26(13-16(27)11-24-33(2,30)31)20(28)10-15-5-6-18(22)19(23)9-15/h5-6,9,16-17,24H,3-4,7-8,10-14H2,1-2H3/t16-,17-/m1/s1. The molecule has 0 radical (unpaired) electrons. The molecular weight excluding hydrogens is 491 g/mol. The number of benzene rings is 1. The summed E-state index contributed by atoms with van der Waals surface area (Å²) in [6, 6.07) is 4.29. The molecule has 2 saturated heterocycles. The van der Waals surface area contributed by atoms with Gasteiger partial charge in [-0.1, -0.05) is 29.3 Å². The van der Waals surface area contributed by atoms with Gasteiger partial charge in [-0.2, -0.15) is 0 Å².